The normalized spacial score (nSPS) is 12.6. The van der Waals surface area contributed by atoms with Crippen LogP contribution in [0.25, 0.3) is 0 Å². The van der Waals surface area contributed by atoms with Crippen molar-refractivity contribution in [2.75, 3.05) is 0 Å². The predicted octanol–water partition coefficient (Wildman–Crippen LogP) is 8.28. The van der Waals surface area contributed by atoms with Gasteiger partial charge in [-0.05, 0) is 0 Å². The Bertz CT molecular complexity index is 449. The number of hydrogen-bond acceptors (Lipinski definition) is 1. The minimum absolute atomic E-state index is 0.543. The summed E-state index contributed by atoms with van der Waals surface area (Å²) < 4.78 is 42.4. The molecule has 0 saturated heterocycles. The summed E-state index contributed by atoms with van der Waals surface area (Å²) in [5.74, 6) is 0.894. The van der Waals surface area contributed by atoms with Crippen LogP contribution in [0.4, 0.5) is 13.2 Å². The second kappa shape index (κ2) is 11.8. The first kappa shape index (κ1) is 23.2. The van der Waals surface area contributed by atoms with Crippen LogP contribution in [0.3, 0.4) is 0 Å². The van der Waals surface area contributed by atoms with Gasteiger partial charge in [0, 0.05) is 0 Å². The van der Waals surface area contributed by atoms with Gasteiger partial charge in [-0.15, -0.1) is 0 Å². The maximum absolute atomic E-state index is 12.7. The Kier molecular flexibility index (Phi) is 10.9. The molecule has 1 aromatic carbocycles. The van der Waals surface area contributed by atoms with Crippen LogP contribution in [0, 0.1) is 0 Å². The molecule has 5 heteroatoms. The molecule has 0 amide bonds. The van der Waals surface area contributed by atoms with Crippen molar-refractivity contribution in [3.05, 3.63) is 35.4 Å². The van der Waals surface area contributed by atoms with Crippen molar-refractivity contribution in [2.24, 2.45) is 0 Å². The van der Waals surface area contributed by atoms with E-state index in [9.17, 15) is 13.2 Å². The van der Waals surface area contributed by atoms with Gasteiger partial charge in [0.15, 0.2) is 0 Å². The third-order valence-electron chi connectivity index (χ3n) is 4.78. The van der Waals surface area contributed by atoms with Gasteiger partial charge in [-0.3, -0.25) is 0 Å². The van der Waals surface area contributed by atoms with Gasteiger partial charge >= 0.3 is 159 Å². The topological polar surface area (TPSA) is 0 Å². The molecule has 1 aromatic rings. The predicted molar refractivity (Wildman–Crippen MR) is 108 cm³/mol. The van der Waals surface area contributed by atoms with Gasteiger partial charge < -0.3 is 0 Å². The van der Waals surface area contributed by atoms with Crippen LogP contribution < -0.4 is 0 Å². The fourth-order valence-corrected chi connectivity index (χ4v) is 25.6. The van der Waals surface area contributed by atoms with Crippen molar-refractivity contribution < 1.29 is 13.2 Å². The zero-order valence-electron chi connectivity index (χ0n) is 15.9. The van der Waals surface area contributed by atoms with E-state index in [1.165, 1.54) is 64.0 Å². The molecule has 0 atom stereocenters. The molecule has 0 aromatic heterocycles. The molecular formula is C20H33F3SSn. The number of rotatable bonds is 12. The SMILES string of the molecule is CCC[CH2][Sn]([CH2]CCC)([CH2]CCC)[S]Cc1ccc(C(F)(F)F)cc1. The van der Waals surface area contributed by atoms with Crippen LogP contribution in [0.5, 0.6) is 0 Å². The molecule has 0 aliphatic carbocycles. The number of benzene rings is 1. The van der Waals surface area contributed by atoms with Crippen molar-refractivity contribution in [3.63, 3.8) is 0 Å². The van der Waals surface area contributed by atoms with E-state index in [1.54, 1.807) is 12.1 Å². The van der Waals surface area contributed by atoms with Crippen LogP contribution in [-0.4, -0.2) is 17.0 Å². The fourth-order valence-electron chi connectivity index (χ4n) is 3.11. The summed E-state index contributed by atoms with van der Waals surface area (Å²) in [5, 5.41) is 0. The van der Waals surface area contributed by atoms with Crippen LogP contribution in [0.1, 0.15) is 70.4 Å². The number of alkyl halides is 3. The second-order valence-corrected chi connectivity index (χ2v) is 26.9. The first-order valence-corrected chi connectivity index (χ1v) is 20.2. The van der Waals surface area contributed by atoms with Crippen molar-refractivity contribution >= 4 is 25.9 Å². The van der Waals surface area contributed by atoms with E-state index in [0.717, 1.165) is 11.3 Å². The van der Waals surface area contributed by atoms with Crippen molar-refractivity contribution in [1.82, 2.24) is 0 Å². The molecule has 0 aliphatic heterocycles. The first-order valence-electron chi connectivity index (χ1n) is 9.67. The minimum atomic E-state index is -4.24. The summed E-state index contributed by atoms with van der Waals surface area (Å²) in [5.41, 5.74) is 0.502. The maximum atomic E-state index is 12.7. The molecule has 144 valence electrons. The van der Waals surface area contributed by atoms with Crippen molar-refractivity contribution in [3.8, 4) is 0 Å². The summed E-state index contributed by atoms with van der Waals surface area (Å²) in [6, 6.07) is 5.81. The van der Waals surface area contributed by atoms with Crippen molar-refractivity contribution in [1.29, 1.82) is 0 Å². The zero-order chi connectivity index (χ0) is 18.8. The van der Waals surface area contributed by atoms with Gasteiger partial charge in [0.1, 0.15) is 0 Å². The molecule has 0 heterocycles. The molecule has 0 fully saturated rings. The molecule has 0 radical (unpaired) electrons. The Balaban J connectivity index is 2.80. The van der Waals surface area contributed by atoms with Crippen LogP contribution in [0.2, 0.25) is 13.3 Å². The van der Waals surface area contributed by atoms with Crippen LogP contribution in [-0.2, 0) is 11.9 Å². The van der Waals surface area contributed by atoms with E-state index < -0.39 is 28.7 Å². The van der Waals surface area contributed by atoms with E-state index in [-0.39, 0.29) is 0 Å². The Hall–Kier alpha value is 0.159. The molecule has 0 spiro atoms. The zero-order valence-corrected chi connectivity index (χ0v) is 19.6. The second-order valence-electron chi connectivity index (χ2n) is 6.98. The monoisotopic (exact) mass is 482 g/mol. The summed E-state index contributed by atoms with van der Waals surface area (Å²) in [6.07, 6.45) is 3.47. The standard InChI is InChI=1S/C8H7F3S.3C4H9.Sn/c9-8(10,11)7-3-1-6(5-12)2-4-7;3*1-3-4-2;/h1-4,12H,5H2;3*1,3-4H2,2H3;/q;;;;+1/p-1. The van der Waals surface area contributed by atoms with Gasteiger partial charge in [0.2, 0.25) is 0 Å². The molecule has 25 heavy (non-hydrogen) atoms. The van der Waals surface area contributed by atoms with Crippen LogP contribution >= 0.6 is 8.95 Å². The molecule has 0 aliphatic rings. The third kappa shape index (κ3) is 8.59. The Morgan fingerprint density at radius 3 is 1.60 bits per heavy atom. The van der Waals surface area contributed by atoms with Gasteiger partial charge in [-0.2, -0.15) is 0 Å². The molecule has 0 unspecified atom stereocenters. The van der Waals surface area contributed by atoms with E-state index in [0.29, 0.717) is 0 Å². The first-order chi connectivity index (χ1) is 11.9. The quantitative estimate of drug-likeness (QED) is 0.271. The van der Waals surface area contributed by atoms with Crippen molar-refractivity contribution in [2.45, 2.75) is 84.5 Å². The molecular weight excluding hydrogens is 448 g/mol. The molecule has 1 rings (SSSR count). The molecule has 0 N–H and O–H groups in total. The third-order valence-corrected chi connectivity index (χ3v) is 27.3. The Morgan fingerprint density at radius 1 is 0.800 bits per heavy atom. The van der Waals surface area contributed by atoms with Gasteiger partial charge in [0.25, 0.3) is 0 Å². The molecule has 0 nitrogen and oxygen atoms in total. The van der Waals surface area contributed by atoms with Gasteiger partial charge in [0.05, 0.1) is 0 Å². The molecule has 0 saturated carbocycles. The average Bonchev–Trinajstić information content (AvgIpc) is 2.60. The summed E-state index contributed by atoms with van der Waals surface area (Å²) in [6.45, 7) is 6.78. The summed E-state index contributed by atoms with van der Waals surface area (Å²) in [7, 11) is 2.18. The summed E-state index contributed by atoms with van der Waals surface area (Å²) >= 11 is -2.26. The van der Waals surface area contributed by atoms with Gasteiger partial charge in [-0.25, -0.2) is 0 Å². The van der Waals surface area contributed by atoms with E-state index >= 15 is 0 Å². The van der Waals surface area contributed by atoms with E-state index in [1.807, 2.05) is 0 Å². The number of hydrogen-bond donors (Lipinski definition) is 0. The van der Waals surface area contributed by atoms with E-state index in [4.69, 9.17) is 0 Å². The summed E-state index contributed by atoms with van der Waals surface area (Å²) in [4.78, 5) is 0. The van der Waals surface area contributed by atoms with Crippen LogP contribution in [0.15, 0.2) is 24.3 Å². The number of halogens is 3. The fraction of sp³-hybridized carbons (Fsp3) is 0.700. The Morgan fingerprint density at radius 2 is 1.24 bits per heavy atom. The Labute approximate surface area is 158 Å². The van der Waals surface area contributed by atoms with E-state index in [2.05, 4.69) is 29.7 Å². The van der Waals surface area contributed by atoms with Gasteiger partial charge in [-0.1, -0.05) is 0 Å². The number of unbranched alkanes of at least 4 members (excludes halogenated alkanes) is 3. The molecule has 0 bridgehead atoms. The average molecular weight is 481 g/mol.